The average Bonchev–Trinajstić information content (AvgIpc) is 2.56. The standard InChI is InChI=1S/C23H29ClO3/c1-8-26-22(25)21(27-23(5,6)7)19-15(3)13-14(2)16(4)20(19)17-9-11-18(24)12-10-17/h9-13,21H,8H2,1-7H3. The molecule has 2 aromatic rings. The molecule has 0 bridgehead atoms. The van der Waals surface area contributed by atoms with Crippen LogP contribution in [0.15, 0.2) is 30.3 Å². The van der Waals surface area contributed by atoms with Crippen LogP contribution in [0.4, 0.5) is 0 Å². The van der Waals surface area contributed by atoms with Crippen LogP contribution >= 0.6 is 11.6 Å². The monoisotopic (exact) mass is 388 g/mol. The molecule has 0 saturated carbocycles. The Morgan fingerprint density at radius 2 is 1.67 bits per heavy atom. The smallest absolute Gasteiger partial charge is 0.339 e. The van der Waals surface area contributed by atoms with E-state index in [-0.39, 0.29) is 5.97 Å². The average molecular weight is 389 g/mol. The highest BCUT2D eigenvalue weighted by Crippen LogP contribution is 2.39. The maximum atomic E-state index is 12.8. The Hall–Kier alpha value is -1.84. The molecule has 0 aliphatic carbocycles. The van der Waals surface area contributed by atoms with Crippen molar-refractivity contribution in [3.8, 4) is 11.1 Å². The normalized spacial score (nSPS) is 12.7. The molecule has 0 amide bonds. The van der Waals surface area contributed by atoms with Gasteiger partial charge in [0.25, 0.3) is 0 Å². The van der Waals surface area contributed by atoms with Crippen LogP contribution in [0.25, 0.3) is 11.1 Å². The van der Waals surface area contributed by atoms with Gasteiger partial charge in [-0.3, -0.25) is 0 Å². The van der Waals surface area contributed by atoms with Crippen molar-refractivity contribution in [3.63, 3.8) is 0 Å². The molecule has 3 nitrogen and oxygen atoms in total. The molecule has 2 rings (SSSR count). The van der Waals surface area contributed by atoms with E-state index in [9.17, 15) is 4.79 Å². The third-order valence-corrected chi connectivity index (χ3v) is 4.71. The van der Waals surface area contributed by atoms with Crippen LogP contribution in [0.5, 0.6) is 0 Å². The number of aryl methyl sites for hydroxylation is 2. The predicted octanol–water partition coefficient (Wildman–Crippen LogP) is 6.35. The highest BCUT2D eigenvalue weighted by atomic mass is 35.5. The van der Waals surface area contributed by atoms with E-state index < -0.39 is 11.7 Å². The van der Waals surface area contributed by atoms with Gasteiger partial charge in [-0.15, -0.1) is 0 Å². The zero-order valence-corrected chi connectivity index (χ0v) is 18.0. The van der Waals surface area contributed by atoms with Crippen molar-refractivity contribution in [2.45, 2.75) is 60.2 Å². The number of esters is 1. The maximum absolute atomic E-state index is 12.8. The number of benzene rings is 2. The first-order valence-corrected chi connectivity index (χ1v) is 9.64. The molecule has 4 heteroatoms. The van der Waals surface area contributed by atoms with E-state index in [0.717, 1.165) is 27.8 Å². The van der Waals surface area contributed by atoms with Gasteiger partial charge in [0, 0.05) is 10.6 Å². The molecule has 0 aromatic heterocycles. The van der Waals surface area contributed by atoms with Gasteiger partial charge < -0.3 is 9.47 Å². The van der Waals surface area contributed by atoms with Gasteiger partial charge in [0.05, 0.1) is 12.2 Å². The third-order valence-electron chi connectivity index (χ3n) is 4.46. The molecule has 146 valence electrons. The summed E-state index contributed by atoms with van der Waals surface area (Å²) < 4.78 is 11.6. The molecular weight excluding hydrogens is 360 g/mol. The number of carbonyl (C=O) groups excluding carboxylic acids is 1. The molecule has 0 fully saturated rings. The van der Waals surface area contributed by atoms with Gasteiger partial charge in [0.15, 0.2) is 6.10 Å². The summed E-state index contributed by atoms with van der Waals surface area (Å²) in [6.45, 7) is 14.1. The van der Waals surface area contributed by atoms with Crippen molar-refractivity contribution >= 4 is 17.6 Å². The SMILES string of the molecule is CCOC(=O)C(OC(C)(C)C)c1c(C)cc(C)c(C)c1-c1ccc(Cl)cc1. The van der Waals surface area contributed by atoms with Gasteiger partial charge in [-0.05, 0) is 88.4 Å². The number of hydrogen-bond acceptors (Lipinski definition) is 3. The fourth-order valence-corrected chi connectivity index (χ4v) is 3.36. The Labute approximate surface area is 167 Å². The van der Waals surface area contributed by atoms with Crippen LogP contribution in [-0.2, 0) is 14.3 Å². The molecule has 0 saturated heterocycles. The second kappa shape index (κ2) is 8.45. The lowest BCUT2D eigenvalue weighted by Crippen LogP contribution is -2.29. The quantitative estimate of drug-likeness (QED) is 0.559. The van der Waals surface area contributed by atoms with Crippen molar-refractivity contribution in [1.82, 2.24) is 0 Å². The van der Waals surface area contributed by atoms with Crippen LogP contribution in [0.3, 0.4) is 0 Å². The molecule has 0 radical (unpaired) electrons. The molecule has 0 heterocycles. The summed E-state index contributed by atoms with van der Waals surface area (Å²) in [5.74, 6) is -0.367. The second-order valence-corrected chi connectivity index (χ2v) is 8.23. The van der Waals surface area contributed by atoms with Gasteiger partial charge in [0.2, 0.25) is 0 Å². The lowest BCUT2D eigenvalue weighted by molar-refractivity contribution is -0.166. The van der Waals surface area contributed by atoms with Crippen molar-refractivity contribution in [1.29, 1.82) is 0 Å². The van der Waals surface area contributed by atoms with Gasteiger partial charge in [0.1, 0.15) is 0 Å². The Morgan fingerprint density at radius 3 is 2.19 bits per heavy atom. The van der Waals surface area contributed by atoms with E-state index in [2.05, 4.69) is 19.9 Å². The molecule has 2 aromatic carbocycles. The Balaban J connectivity index is 2.76. The van der Waals surface area contributed by atoms with Crippen LogP contribution in [-0.4, -0.2) is 18.2 Å². The lowest BCUT2D eigenvalue weighted by Gasteiger charge is -2.30. The van der Waals surface area contributed by atoms with Crippen LogP contribution in [0.2, 0.25) is 5.02 Å². The van der Waals surface area contributed by atoms with Crippen LogP contribution in [0.1, 0.15) is 56.1 Å². The van der Waals surface area contributed by atoms with Crippen LogP contribution < -0.4 is 0 Å². The first-order valence-electron chi connectivity index (χ1n) is 9.26. The third kappa shape index (κ3) is 5.12. The Morgan fingerprint density at radius 1 is 1.07 bits per heavy atom. The highest BCUT2D eigenvalue weighted by molar-refractivity contribution is 6.30. The maximum Gasteiger partial charge on any atom is 0.339 e. The molecular formula is C23H29ClO3. The fourth-order valence-electron chi connectivity index (χ4n) is 3.23. The number of halogens is 1. The van der Waals surface area contributed by atoms with Gasteiger partial charge in [-0.25, -0.2) is 4.79 Å². The molecule has 0 aliphatic rings. The molecule has 0 spiro atoms. The zero-order chi connectivity index (χ0) is 20.4. The Kier molecular flexibility index (Phi) is 6.72. The van der Waals surface area contributed by atoms with Gasteiger partial charge in [-0.2, -0.15) is 0 Å². The molecule has 0 N–H and O–H groups in total. The number of carbonyl (C=O) groups is 1. The summed E-state index contributed by atoms with van der Waals surface area (Å²) in [6, 6.07) is 9.78. The van der Waals surface area contributed by atoms with E-state index >= 15 is 0 Å². The van der Waals surface area contributed by atoms with Crippen molar-refractivity contribution in [2.24, 2.45) is 0 Å². The predicted molar refractivity (Wildman–Crippen MR) is 111 cm³/mol. The fraction of sp³-hybridized carbons (Fsp3) is 0.435. The minimum absolute atomic E-state index is 0.309. The number of rotatable bonds is 5. The van der Waals surface area contributed by atoms with E-state index in [4.69, 9.17) is 21.1 Å². The van der Waals surface area contributed by atoms with E-state index in [1.54, 1.807) is 6.92 Å². The summed E-state index contributed by atoms with van der Waals surface area (Å²) in [5, 5.41) is 0.676. The van der Waals surface area contributed by atoms with Crippen molar-refractivity contribution in [3.05, 3.63) is 57.6 Å². The van der Waals surface area contributed by atoms with Crippen molar-refractivity contribution in [2.75, 3.05) is 6.61 Å². The van der Waals surface area contributed by atoms with E-state index in [0.29, 0.717) is 11.6 Å². The minimum atomic E-state index is -0.796. The summed E-state index contributed by atoms with van der Waals surface area (Å²) in [6.07, 6.45) is -0.796. The Bertz CT molecular complexity index is 817. The van der Waals surface area contributed by atoms with E-state index in [1.807, 2.05) is 52.0 Å². The summed E-state index contributed by atoms with van der Waals surface area (Å²) >= 11 is 6.08. The number of hydrogen-bond donors (Lipinski definition) is 0. The zero-order valence-electron chi connectivity index (χ0n) is 17.3. The largest absolute Gasteiger partial charge is 0.464 e. The lowest BCUT2D eigenvalue weighted by atomic mass is 9.86. The van der Waals surface area contributed by atoms with Crippen molar-refractivity contribution < 1.29 is 14.3 Å². The van der Waals surface area contributed by atoms with Crippen LogP contribution in [0, 0.1) is 20.8 Å². The van der Waals surface area contributed by atoms with E-state index in [1.165, 1.54) is 5.56 Å². The second-order valence-electron chi connectivity index (χ2n) is 7.79. The van der Waals surface area contributed by atoms with Gasteiger partial charge in [-0.1, -0.05) is 29.8 Å². The highest BCUT2D eigenvalue weighted by Gasteiger charge is 2.32. The minimum Gasteiger partial charge on any atom is -0.464 e. The molecule has 0 aliphatic heterocycles. The summed E-state index contributed by atoms with van der Waals surface area (Å²) in [7, 11) is 0. The summed E-state index contributed by atoms with van der Waals surface area (Å²) in [4.78, 5) is 12.8. The first kappa shape index (κ1) is 21.5. The molecule has 27 heavy (non-hydrogen) atoms. The molecule has 1 unspecified atom stereocenters. The summed E-state index contributed by atoms with van der Waals surface area (Å²) in [5.41, 5.74) is 5.65. The first-order chi connectivity index (χ1) is 12.5. The number of ether oxygens (including phenoxy) is 2. The van der Waals surface area contributed by atoms with Gasteiger partial charge >= 0.3 is 5.97 Å². The molecule has 1 atom stereocenters. The topological polar surface area (TPSA) is 35.5 Å².